The molecular weight excluding hydrogens is 228 g/mol. The summed E-state index contributed by atoms with van der Waals surface area (Å²) in [6.07, 6.45) is 6.89. The molecule has 0 bridgehead atoms. The highest BCUT2D eigenvalue weighted by atomic mass is 16.5. The number of nitrogens with one attached hydrogen (secondary N) is 1. The van der Waals surface area contributed by atoms with Gasteiger partial charge in [0.05, 0.1) is 17.8 Å². The largest absolute Gasteiger partial charge is 0.379 e. The van der Waals surface area contributed by atoms with Crippen molar-refractivity contribution in [2.45, 2.75) is 51.3 Å². The Morgan fingerprint density at radius 1 is 1.39 bits per heavy atom. The Hall–Kier alpha value is -1.29. The minimum atomic E-state index is 0.0509. The molecular formula is C14H22N2O2. The number of ether oxygens (including phenoxy) is 1. The number of methoxy groups -OCH3 is 1. The minimum absolute atomic E-state index is 0.0509. The number of rotatable bonds is 4. The summed E-state index contributed by atoms with van der Waals surface area (Å²) in [5.74, 6) is 0. The number of hydrogen-bond donors (Lipinski definition) is 1. The van der Waals surface area contributed by atoms with Crippen molar-refractivity contribution in [1.29, 1.82) is 0 Å². The number of nitrogens with zero attached hydrogens (tertiary/aromatic N) is 1. The minimum Gasteiger partial charge on any atom is -0.379 e. The molecule has 18 heavy (non-hydrogen) atoms. The molecule has 0 spiro atoms. The summed E-state index contributed by atoms with van der Waals surface area (Å²) >= 11 is 0. The molecule has 0 radical (unpaired) electrons. The van der Waals surface area contributed by atoms with Gasteiger partial charge in [0.25, 0.3) is 5.56 Å². The Morgan fingerprint density at radius 2 is 2.17 bits per heavy atom. The molecule has 1 saturated carbocycles. The van der Waals surface area contributed by atoms with Crippen molar-refractivity contribution in [3.05, 3.63) is 28.7 Å². The van der Waals surface area contributed by atoms with Gasteiger partial charge in [-0.1, -0.05) is 12.8 Å². The van der Waals surface area contributed by atoms with E-state index in [1.807, 2.05) is 19.2 Å². The third-order valence-electron chi connectivity index (χ3n) is 3.68. The van der Waals surface area contributed by atoms with Crippen LogP contribution in [0.1, 0.15) is 32.6 Å². The van der Waals surface area contributed by atoms with Crippen molar-refractivity contribution in [2.75, 3.05) is 12.4 Å². The number of aromatic nitrogens is 1. The zero-order valence-electron chi connectivity index (χ0n) is 11.2. The normalized spacial score (nSPS) is 23.9. The van der Waals surface area contributed by atoms with E-state index in [0.29, 0.717) is 12.6 Å². The van der Waals surface area contributed by atoms with Gasteiger partial charge in [0.2, 0.25) is 0 Å². The summed E-state index contributed by atoms with van der Waals surface area (Å²) in [6, 6.07) is 3.83. The van der Waals surface area contributed by atoms with E-state index < -0.39 is 0 Å². The average Bonchev–Trinajstić information content (AvgIpc) is 2.41. The van der Waals surface area contributed by atoms with E-state index in [1.165, 1.54) is 12.8 Å². The summed E-state index contributed by atoms with van der Waals surface area (Å²) in [7, 11) is 1.78. The van der Waals surface area contributed by atoms with E-state index in [1.54, 1.807) is 17.7 Å². The van der Waals surface area contributed by atoms with E-state index in [0.717, 1.165) is 18.5 Å². The van der Waals surface area contributed by atoms with Gasteiger partial charge in [-0.05, 0) is 25.8 Å². The monoisotopic (exact) mass is 250 g/mol. The lowest BCUT2D eigenvalue weighted by Gasteiger charge is -2.31. The first-order valence-corrected chi connectivity index (χ1v) is 6.74. The van der Waals surface area contributed by atoms with Crippen LogP contribution in [0.25, 0.3) is 0 Å². The van der Waals surface area contributed by atoms with Crippen LogP contribution in [-0.4, -0.2) is 23.8 Å². The highest BCUT2D eigenvalue weighted by molar-refractivity contribution is 5.41. The third kappa shape index (κ3) is 2.93. The van der Waals surface area contributed by atoms with Crippen LogP contribution in [0.15, 0.2) is 23.1 Å². The molecule has 0 saturated heterocycles. The van der Waals surface area contributed by atoms with Crippen LogP contribution in [0.4, 0.5) is 5.69 Å². The van der Waals surface area contributed by atoms with Gasteiger partial charge in [0.15, 0.2) is 0 Å². The van der Waals surface area contributed by atoms with Crippen molar-refractivity contribution in [1.82, 2.24) is 4.57 Å². The molecule has 0 amide bonds. The molecule has 1 aromatic heterocycles. The maximum atomic E-state index is 11.5. The van der Waals surface area contributed by atoms with Crippen LogP contribution in [0.3, 0.4) is 0 Å². The average molecular weight is 250 g/mol. The maximum absolute atomic E-state index is 11.5. The molecule has 100 valence electrons. The maximum Gasteiger partial charge on any atom is 0.250 e. The fourth-order valence-corrected chi connectivity index (χ4v) is 2.62. The second-order valence-corrected chi connectivity index (χ2v) is 4.85. The molecule has 2 unspecified atom stereocenters. The van der Waals surface area contributed by atoms with Gasteiger partial charge in [-0.2, -0.15) is 0 Å². The molecule has 1 heterocycles. The Labute approximate surface area is 108 Å². The van der Waals surface area contributed by atoms with Crippen LogP contribution >= 0.6 is 0 Å². The molecule has 0 aliphatic heterocycles. The number of pyridine rings is 1. The molecule has 1 N–H and O–H groups in total. The van der Waals surface area contributed by atoms with Crippen molar-refractivity contribution in [3.63, 3.8) is 0 Å². The fourth-order valence-electron chi connectivity index (χ4n) is 2.62. The zero-order valence-corrected chi connectivity index (χ0v) is 11.2. The summed E-state index contributed by atoms with van der Waals surface area (Å²) in [6.45, 7) is 2.68. The number of hydrogen-bond acceptors (Lipinski definition) is 3. The molecule has 2 rings (SSSR count). The lowest BCUT2D eigenvalue weighted by Crippen LogP contribution is -2.38. The van der Waals surface area contributed by atoms with Crippen LogP contribution in [0, 0.1) is 0 Å². The Balaban J connectivity index is 2.10. The molecule has 0 aromatic carbocycles. The molecule has 2 atom stereocenters. The first-order valence-electron chi connectivity index (χ1n) is 6.74. The molecule has 1 fully saturated rings. The van der Waals surface area contributed by atoms with Gasteiger partial charge < -0.3 is 14.6 Å². The fraction of sp³-hybridized carbons (Fsp3) is 0.643. The highest BCUT2D eigenvalue weighted by Crippen LogP contribution is 2.23. The second kappa shape index (κ2) is 6.05. The number of anilines is 1. The van der Waals surface area contributed by atoms with E-state index in [4.69, 9.17) is 4.74 Å². The Kier molecular flexibility index (Phi) is 4.42. The van der Waals surface area contributed by atoms with Gasteiger partial charge >= 0.3 is 0 Å². The lowest BCUT2D eigenvalue weighted by molar-refractivity contribution is 0.0606. The summed E-state index contributed by atoms with van der Waals surface area (Å²) in [5.41, 5.74) is 1.06. The van der Waals surface area contributed by atoms with Crippen LogP contribution in [0.5, 0.6) is 0 Å². The summed E-state index contributed by atoms with van der Waals surface area (Å²) in [5, 5.41) is 3.50. The predicted octanol–water partition coefficient (Wildman–Crippen LogP) is 2.24. The predicted molar refractivity (Wildman–Crippen MR) is 73.1 cm³/mol. The van der Waals surface area contributed by atoms with Crippen LogP contribution in [-0.2, 0) is 11.3 Å². The first-order chi connectivity index (χ1) is 8.74. The quantitative estimate of drug-likeness (QED) is 0.891. The van der Waals surface area contributed by atoms with Crippen LogP contribution < -0.4 is 10.9 Å². The number of aryl methyl sites for hydroxylation is 1. The van der Waals surface area contributed by atoms with Crippen LogP contribution in [0.2, 0.25) is 0 Å². The van der Waals surface area contributed by atoms with E-state index in [-0.39, 0.29) is 11.7 Å². The standard InChI is InChI=1S/C14H22N2O2/c1-3-16-10-11(8-9-14(16)17)15-12-6-4-5-7-13(12)18-2/h8-10,12-13,15H,3-7H2,1-2H3. The van der Waals surface area contributed by atoms with Crippen molar-refractivity contribution in [3.8, 4) is 0 Å². The molecule has 1 aliphatic carbocycles. The molecule has 1 aliphatic rings. The smallest absolute Gasteiger partial charge is 0.250 e. The van der Waals surface area contributed by atoms with Crippen molar-refractivity contribution in [2.24, 2.45) is 0 Å². The van der Waals surface area contributed by atoms with E-state index >= 15 is 0 Å². The van der Waals surface area contributed by atoms with Crippen molar-refractivity contribution >= 4 is 5.69 Å². The Morgan fingerprint density at radius 3 is 2.89 bits per heavy atom. The van der Waals surface area contributed by atoms with Gasteiger partial charge in [0, 0.05) is 25.9 Å². The molecule has 4 nitrogen and oxygen atoms in total. The van der Waals surface area contributed by atoms with E-state index in [2.05, 4.69) is 5.32 Å². The lowest BCUT2D eigenvalue weighted by atomic mass is 9.92. The van der Waals surface area contributed by atoms with Crippen molar-refractivity contribution < 1.29 is 4.74 Å². The van der Waals surface area contributed by atoms with Gasteiger partial charge in [-0.15, -0.1) is 0 Å². The first kappa shape index (κ1) is 13.1. The van der Waals surface area contributed by atoms with Gasteiger partial charge in [0.1, 0.15) is 0 Å². The summed E-state index contributed by atoms with van der Waals surface area (Å²) in [4.78, 5) is 11.5. The Bertz CT molecular complexity index is 442. The van der Waals surface area contributed by atoms with Gasteiger partial charge in [-0.3, -0.25) is 4.79 Å². The molecule has 4 heteroatoms. The topological polar surface area (TPSA) is 43.3 Å². The third-order valence-corrected chi connectivity index (χ3v) is 3.68. The van der Waals surface area contributed by atoms with E-state index in [9.17, 15) is 4.79 Å². The SMILES string of the molecule is CCn1cc(NC2CCCCC2OC)ccc1=O. The zero-order chi connectivity index (χ0) is 13.0. The second-order valence-electron chi connectivity index (χ2n) is 4.85. The van der Waals surface area contributed by atoms with Gasteiger partial charge in [-0.25, -0.2) is 0 Å². The molecule has 1 aromatic rings. The summed E-state index contributed by atoms with van der Waals surface area (Å²) < 4.78 is 7.24. The highest BCUT2D eigenvalue weighted by Gasteiger charge is 2.24.